The van der Waals surface area contributed by atoms with E-state index in [-0.39, 0.29) is 16.7 Å². The predicted octanol–water partition coefficient (Wildman–Crippen LogP) is 4.16. The molecule has 154 valence electrons. The van der Waals surface area contributed by atoms with Crippen LogP contribution in [-0.4, -0.2) is 36.0 Å². The molecule has 4 rings (SSSR count). The monoisotopic (exact) mass is 431 g/mol. The third-order valence-electron chi connectivity index (χ3n) is 4.33. The molecule has 10 heteroatoms. The van der Waals surface area contributed by atoms with Gasteiger partial charge in [0.1, 0.15) is 17.5 Å². The summed E-state index contributed by atoms with van der Waals surface area (Å²) in [6.07, 6.45) is 5.87. The summed E-state index contributed by atoms with van der Waals surface area (Å²) in [5.41, 5.74) is 0.776. The molecule has 0 atom stereocenters. The van der Waals surface area contributed by atoms with E-state index in [0.29, 0.717) is 16.1 Å². The molecule has 0 spiro atoms. The van der Waals surface area contributed by atoms with Crippen molar-refractivity contribution in [2.24, 2.45) is 0 Å². The number of halogens is 3. The second-order valence-electron chi connectivity index (χ2n) is 6.87. The molecule has 0 amide bonds. The highest BCUT2D eigenvalue weighted by molar-refractivity contribution is 7.99. The number of hydrogen-bond acceptors (Lipinski definition) is 5. The summed E-state index contributed by atoms with van der Waals surface area (Å²) in [7, 11) is 0. The lowest BCUT2D eigenvalue weighted by Crippen LogP contribution is -2.19. The minimum Gasteiger partial charge on any atom is -0.268 e. The largest absolute Gasteiger partial charge is 0.269 e. The third-order valence-corrected chi connectivity index (χ3v) is 5.74. The van der Waals surface area contributed by atoms with E-state index in [1.54, 1.807) is 31.5 Å². The molecule has 0 aliphatic carbocycles. The van der Waals surface area contributed by atoms with Gasteiger partial charge < -0.3 is 0 Å². The van der Waals surface area contributed by atoms with Gasteiger partial charge in [-0.1, -0.05) is 0 Å². The highest BCUT2D eigenvalue weighted by Gasteiger charge is 2.22. The highest BCUT2D eigenvalue weighted by Crippen LogP contribution is 2.31. The number of rotatable bonds is 5. The molecule has 0 radical (unpaired) electrons. The zero-order valence-corrected chi connectivity index (χ0v) is 16.8. The molecule has 6 nitrogen and oxygen atoms in total. The van der Waals surface area contributed by atoms with Gasteiger partial charge in [-0.05, 0) is 36.8 Å². The second kappa shape index (κ2) is 7.60. The number of thioether (sulfide) groups is 1. The maximum atomic E-state index is 14.7. The molecular weight excluding hydrogens is 415 g/mol. The Labute approximate surface area is 173 Å². The lowest BCUT2D eigenvalue weighted by atomic mass is 10.2. The average Bonchev–Trinajstić information content (AvgIpc) is 3.13. The number of fused-ring (bicyclic) bond motifs is 1. The summed E-state index contributed by atoms with van der Waals surface area (Å²) in [5.74, 6) is -3.98. The van der Waals surface area contributed by atoms with Crippen LogP contribution in [0.1, 0.15) is 12.5 Å². The summed E-state index contributed by atoms with van der Waals surface area (Å²) in [6.45, 7) is 2.45. The van der Waals surface area contributed by atoms with Gasteiger partial charge in [-0.2, -0.15) is 0 Å². The molecule has 0 aliphatic heterocycles. The molecule has 0 saturated heterocycles. The van der Waals surface area contributed by atoms with Crippen molar-refractivity contribution in [2.45, 2.75) is 24.7 Å². The van der Waals surface area contributed by atoms with Gasteiger partial charge >= 0.3 is 0 Å². The Balaban J connectivity index is 1.79. The van der Waals surface area contributed by atoms with Crippen LogP contribution in [-0.2, 0) is 0 Å². The smallest absolute Gasteiger partial charge is 0.268 e. The van der Waals surface area contributed by atoms with Gasteiger partial charge in [-0.25, -0.2) is 22.8 Å². The van der Waals surface area contributed by atoms with Crippen molar-refractivity contribution in [1.29, 1.82) is 0 Å². The third kappa shape index (κ3) is 3.95. The number of aryl methyl sites for hydroxylation is 1. The predicted molar refractivity (Wildman–Crippen MR) is 108 cm³/mol. The molecule has 30 heavy (non-hydrogen) atoms. The fraction of sp³-hybridized carbons (Fsp3) is 0.200. The van der Waals surface area contributed by atoms with Crippen LogP contribution in [0.3, 0.4) is 0 Å². The van der Waals surface area contributed by atoms with Crippen molar-refractivity contribution in [2.75, 3.05) is 5.75 Å². The Morgan fingerprint density at radius 3 is 2.77 bits per heavy atom. The first kappa shape index (κ1) is 20.1. The maximum absolute atomic E-state index is 14.7. The van der Waals surface area contributed by atoms with Crippen LogP contribution in [0.4, 0.5) is 13.2 Å². The van der Waals surface area contributed by atoms with Crippen molar-refractivity contribution in [3.05, 3.63) is 70.9 Å². The van der Waals surface area contributed by atoms with Crippen LogP contribution < -0.4 is 5.56 Å². The van der Waals surface area contributed by atoms with Crippen molar-refractivity contribution in [1.82, 2.24) is 24.3 Å². The Kier molecular flexibility index (Phi) is 5.10. The number of alkyl halides is 2. The SMILES string of the molecule is Cc1cc(F)c(-n2cnc3nn(-c4cccnc4)cc3c2=O)cc1SCC(C)(F)F. The molecule has 0 unspecified atom stereocenters. The molecule has 4 aromatic rings. The van der Waals surface area contributed by atoms with Gasteiger partial charge in [0, 0.05) is 24.2 Å². The molecule has 0 fully saturated rings. The normalized spacial score (nSPS) is 11.9. The summed E-state index contributed by atoms with van der Waals surface area (Å²) >= 11 is 0.907. The van der Waals surface area contributed by atoms with Gasteiger partial charge in [0.05, 0.1) is 23.3 Å². The van der Waals surface area contributed by atoms with E-state index in [1.165, 1.54) is 29.3 Å². The van der Waals surface area contributed by atoms with E-state index in [9.17, 15) is 18.0 Å². The first-order chi connectivity index (χ1) is 14.2. The van der Waals surface area contributed by atoms with Gasteiger partial charge in [0.25, 0.3) is 11.5 Å². The quantitative estimate of drug-likeness (QED) is 0.444. The van der Waals surface area contributed by atoms with Crippen molar-refractivity contribution in [3.8, 4) is 11.4 Å². The molecule has 0 N–H and O–H groups in total. The second-order valence-corrected chi connectivity index (χ2v) is 7.89. The lowest BCUT2D eigenvalue weighted by molar-refractivity contribution is 0.0492. The maximum Gasteiger partial charge on any atom is 0.269 e. The van der Waals surface area contributed by atoms with Crippen LogP contribution in [0.5, 0.6) is 0 Å². The van der Waals surface area contributed by atoms with E-state index in [2.05, 4.69) is 15.1 Å². The number of pyridine rings is 1. The van der Waals surface area contributed by atoms with Gasteiger partial charge in [-0.3, -0.25) is 14.3 Å². The zero-order valence-electron chi connectivity index (χ0n) is 16.0. The summed E-state index contributed by atoms with van der Waals surface area (Å²) < 4.78 is 43.7. The topological polar surface area (TPSA) is 65.6 Å². The number of nitrogens with zero attached hydrogens (tertiary/aromatic N) is 5. The van der Waals surface area contributed by atoms with E-state index in [4.69, 9.17) is 0 Å². The first-order valence-corrected chi connectivity index (χ1v) is 9.90. The van der Waals surface area contributed by atoms with E-state index in [1.807, 2.05) is 0 Å². The highest BCUT2D eigenvalue weighted by atomic mass is 32.2. The molecule has 0 saturated carbocycles. The van der Waals surface area contributed by atoms with Crippen LogP contribution >= 0.6 is 11.8 Å². The van der Waals surface area contributed by atoms with Crippen molar-refractivity contribution in [3.63, 3.8) is 0 Å². The van der Waals surface area contributed by atoms with E-state index in [0.717, 1.165) is 23.3 Å². The number of aromatic nitrogens is 5. The minimum absolute atomic E-state index is 0.0592. The van der Waals surface area contributed by atoms with Crippen LogP contribution in [0, 0.1) is 12.7 Å². The van der Waals surface area contributed by atoms with Gasteiger partial charge in [0.15, 0.2) is 5.65 Å². The van der Waals surface area contributed by atoms with Crippen molar-refractivity contribution < 1.29 is 13.2 Å². The van der Waals surface area contributed by atoms with Gasteiger partial charge in [-0.15, -0.1) is 16.9 Å². The summed E-state index contributed by atoms with van der Waals surface area (Å²) in [6, 6.07) is 6.11. The van der Waals surface area contributed by atoms with Crippen LogP contribution in [0.25, 0.3) is 22.4 Å². The van der Waals surface area contributed by atoms with Crippen LogP contribution in [0.2, 0.25) is 0 Å². The minimum atomic E-state index is -2.87. The molecule has 3 aromatic heterocycles. The first-order valence-electron chi connectivity index (χ1n) is 8.91. The van der Waals surface area contributed by atoms with Crippen LogP contribution in [0.15, 0.2) is 58.9 Å². The Morgan fingerprint density at radius 1 is 1.27 bits per heavy atom. The molecule has 0 bridgehead atoms. The molecule has 0 aliphatic rings. The molecule has 3 heterocycles. The standard InChI is InChI=1S/C20H16F3N5OS/c1-12-6-15(21)16(7-17(12)30-10-20(2,22)23)27-11-25-18-14(19(27)29)9-28(26-18)13-4-3-5-24-8-13/h3-9,11H,10H2,1-2H3. The zero-order chi connectivity index (χ0) is 21.5. The summed E-state index contributed by atoms with van der Waals surface area (Å²) in [4.78, 5) is 21.6. The fourth-order valence-electron chi connectivity index (χ4n) is 2.89. The van der Waals surface area contributed by atoms with E-state index < -0.39 is 23.1 Å². The average molecular weight is 431 g/mol. The summed E-state index contributed by atoms with van der Waals surface area (Å²) in [5, 5.41) is 4.45. The number of benzene rings is 1. The molecule has 1 aromatic carbocycles. The Bertz CT molecular complexity index is 1280. The van der Waals surface area contributed by atoms with Crippen molar-refractivity contribution >= 4 is 22.8 Å². The Hall–Kier alpha value is -3.14. The Morgan fingerprint density at radius 2 is 2.07 bits per heavy atom. The fourth-order valence-corrected chi connectivity index (χ4v) is 3.78. The van der Waals surface area contributed by atoms with E-state index >= 15 is 0 Å². The number of hydrogen-bond donors (Lipinski definition) is 0. The molecular formula is C20H16F3N5OS. The lowest BCUT2D eigenvalue weighted by Gasteiger charge is -2.14. The van der Waals surface area contributed by atoms with Gasteiger partial charge in [0.2, 0.25) is 0 Å².